The first kappa shape index (κ1) is 19.4. The van der Waals surface area contributed by atoms with Gasteiger partial charge in [-0.3, -0.25) is 4.79 Å². The number of carbonyl (C=O) groups excluding carboxylic acids is 1. The van der Waals surface area contributed by atoms with Gasteiger partial charge in [-0.15, -0.1) is 0 Å². The minimum Gasteiger partial charge on any atom is -0.346 e. The summed E-state index contributed by atoms with van der Waals surface area (Å²) in [7, 11) is 0. The van der Waals surface area contributed by atoms with Gasteiger partial charge in [0.15, 0.2) is 0 Å². The third-order valence-electron chi connectivity index (χ3n) is 5.15. The van der Waals surface area contributed by atoms with Crippen LogP contribution in [0, 0.1) is 17.5 Å². The molecule has 3 aromatic rings. The molecule has 2 atom stereocenters. The number of rotatable bonds is 4. The van der Waals surface area contributed by atoms with Crippen molar-refractivity contribution in [3.63, 3.8) is 0 Å². The summed E-state index contributed by atoms with van der Waals surface area (Å²) in [5, 5.41) is 5.34. The number of hydrogen-bond donors (Lipinski definition) is 2. The molecule has 29 heavy (non-hydrogen) atoms. The van der Waals surface area contributed by atoms with Crippen molar-refractivity contribution in [1.29, 1.82) is 0 Å². The molecule has 2 heterocycles. The van der Waals surface area contributed by atoms with Crippen LogP contribution in [0.25, 0.3) is 10.9 Å². The second kappa shape index (κ2) is 7.87. The van der Waals surface area contributed by atoms with E-state index >= 15 is 0 Å². The highest BCUT2D eigenvalue weighted by molar-refractivity contribution is 6.07. The summed E-state index contributed by atoms with van der Waals surface area (Å²) in [5.74, 6) is -2.50. The summed E-state index contributed by atoms with van der Waals surface area (Å²) in [5.41, 5.74) is 0.521. The number of halogens is 4. The van der Waals surface area contributed by atoms with E-state index in [1.807, 2.05) is 0 Å². The topological polar surface area (TPSA) is 46.1 Å². The van der Waals surface area contributed by atoms with Crippen LogP contribution in [0.3, 0.4) is 0 Å². The van der Waals surface area contributed by atoms with Crippen molar-refractivity contribution in [2.75, 3.05) is 13.1 Å². The lowest BCUT2D eigenvalue weighted by Gasteiger charge is -2.27. The summed E-state index contributed by atoms with van der Waals surface area (Å²) in [4.78, 5) is 12.8. The number of nitrogens with one attached hydrogen (secondary N) is 2. The number of carbonyl (C=O) groups is 1. The fourth-order valence-corrected chi connectivity index (χ4v) is 3.68. The molecule has 1 aromatic heterocycles. The summed E-state index contributed by atoms with van der Waals surface area (Å²) >= 11 is 0. The van der Waals surface area contributed by atoms with Gasteiger partial charge < -0.3 is 15.2 Å². The van der Waals surface area contributed by atoms with E-state index < -0.39 is 35.6 Å². The number of nitrogens with zero attached hydrogens (tertiary/aromatic N) is 1. The van der Waals surface area contributed by atoms with E-state index in [1.165, 1.54) is 35.0 Å². The lowest BCUT2D eigenvalue weighted by molar-refractivity contribution is 0.0893. The Labute approximate surface area is 164 Å². The Morgan fingerprint density at radius 1 is 1.10 bits per heavy atom. The molecule has 0 radical (unpaired) electrons. The highest BCUT2D eigenvalue weighted by Gasteiger charge is 2.28. The molecule has 1 unspecified atom stereocenters. The molecule has 8 heteroatoms. The molecule has 0 spiro atoms. The lowest BCUT2D eigenvalue weighted by Crippen LogP contribution is -2.50. The van der Waals surface area contributed by atoms with E-state index in [0.717, 1.165) is 12.1 Å². The van der Waals surface area contributed by atoms with Gasteiger partial charge in [0.2, 0.25) is 0 Å². The number of fused-ring (bicyclic) bond motifs is 1. The second-order valence-corrected chi connectivity index (χ2v) is 7.14. The average molecular weight is 405 g/mol. The van der Waals surface area contributed by atoms with Crippen LogP contribution in [0.15, 0.2) is 42.6 Å². The van der Waals surface area contributed by atoms with Gasteiger partial charge in [-0.1, -0.05) is 12.1 Å². The Hall–Kier alpha value is -2.87. The normalized spacial score (nSPS) is 19.4. The summed E-state index contributed by atoms with van der Waals surface area (Å²) < 4.78 is 57.7. The first-order valence-electron chi connectivity index (χ1n) is 9.31. The molecule has 1 amide bonds. The molecule has 2 aromatic carbocycles. The maximum Gasteiger partial charge on any atom is 0.253 e. The molecule has 0 bridgehead atoms. The second-order valence-electron chi connectivity index (χ2n) is 7.14. The van der Waals surface area contributed by atoms with E-state index in [0.29, 0.717) is 18.5 Å². The number of amides is 1. The minimum atomic E-state index is -1.26. The van der Waals surface area contributed by atoms with Gasteiger partial charge in [0, 0.05) is 19.3 Å². The van der Waals surface area contributed by atoms with Crippen LogP contribution >= 0.6 is 0 Å². The highest BCUT2D eigenvalue weighted by Crippen LogP contribution is 2.28. The quantitative estimate of drug-likeness (QED) is 0.653. The van der Waals surface area contributed by atoms with Crippen molar-refractivity contribution in [1.82, 2.24) is 15.2 Å². The molecule has 152 valence electrons. The third kappa shape index (κ3) is 3.85. The van der Waals surface area contributed by atoms with E-state index in [1.54, 1.807) is 0 Å². The van der Waals surface area contributed by atoms with Gasteiger partial charge in [0.05, 0.1) is 22.5 Å². The number of aromatic nitrogens is 1. The molecular weight excluding hydrogens is 386 g/mol. The Morgan fingerprint density at radius 2 is 1.83 bits per heavy atom. The van der Waals surface area contributed by atoms with Gasteiger partial charge in [0.1, 0.15) is 23.6 Å². The summed E-state index contributed by atoms with van der Waals surface area (Å²) in [6.07, 6.45) is 0.490. The van der Waals surface area contributed by atoms with E-state index in [-0.39, 0.29) is 29.6 Å². The van der Waals surface area contributed by atoms with Crippen LogP contribution in [0.1, 0.15) is 22.3 Å². The van der Waals surface area contributed by atoms with Crippen molar-refractivity contribution in [2.45, 2.75) is 25.2 Å². The Kier molecular flexibility index (Phi) is 5.27. The van der Waals surface area contributed by atoms with Crippen LogP contribution in [0.2, 0.25) is 0 Å². The zero-order valence-corrected chi connectivity index (χ0v) is 15.4. The average Bonchev–Trinajstić information content (AvgIpc) is 3.09. The number of piperidine rings is 1. The zero-order valence-electron chi connectivity index (χ0n) is 15.4. The standard InChI is InChI=1S/C21H19F4N3O/c22-13-3-1-12(2-4-13)10-28-11-14(19-15(23)5-6-16(24)20(19)28)21(29)27-18-7-8-26-9-17(18)25/h1-6,11,17-18,26H,7-10H2,(H,27,29)/t17-,18?/m0/s1. The fourth-order valence-electron chi connectivity index (χ4n) is 3.68. The third-order valence-corrected chi connectivity index (χ3v) is 5.15. The predicted octanol–water partition coefficient (Wildman–Crippen LogP) is 3.54. The van der Waals surface area contributed by atoms with Crippen molar-refractivity contribution < 1.29 is 22.4 Å². The van der Waals surface area contributed by atoms with Crippen molar-refractivity contribution >= 4 is 16.8 Å². The van der Waals surface area contributed by atoms with Crippen molar-refractivity contribution in [3.05, 3.63) is 71.2 Å². The molecule has 1 aliphatic rings. The first-order valence-corrected chi connectivity index (χ1v) is 9.31. The molecule has 4 nitrogen and oxygen atoms in total. The van der Waals surface area contributed by atoms with Gasteiger partial charge in [0.25, 0.3) is 5.91 Å². The molecule has 1 aliphatic heterocycles. The van der Waals surface area contributed by atoms with Crippen LogP contribution in [0.4, 0.5) is 17.6 Å². The van der Waals surface area contributed by atoms with Crippen LogP contribution in [-0.4, -0.2) is 35.8 Å². The number of hydrogen-bond acceptors (Lipinski definition) is 2. The largest absolute Gasteiger partial charge is 0.346 e. The SMILES string of the molecule is O=C(NC1CCNC[C@@H]1F)c1cn(Cc2ccc(F)cc2)c2c(F)ccc(F)c12. The molecular formula is C21H19F4N3O. The van der Waals surface area contributed by atoms with E-state index in [4.69, 9.17) is 0 Å². The maximum atomic E-state index is 14.6. The first-order chi connectivity index (χ1) is 13.9. The van der Waals surface area contributed by atoms with Crippen molar-refractivity contribution in [3.8, 4) is 0 Å². The van der Waals surface area contributed by atoms with Crippen LogP contribution in [-0.2, 0) is 6.54 Å². The zero-order chi connectivity index (χ0) is 20.5. The molecule has 4 rings (SSSR count). The van der Waals surface area contributed by atoms with Crippen LogP contribution < -0.4 is 10.6 Å². The minimum absolute atomic E-state index is 0.0650. The lowest BCUT2D eigenvalue weighted by atomic mass is 10.0. The monoisotopic (exact) mass is 405 g/mol. The Bertz CT molecular complexity index is 1050. The van der Waals surface area contributed by atoms with Gasteiger partial charge in [-0.25, -0.2) is 17.6 Å². The highest BCUT2D eigenvalue weighted by atomic mass is 19.1. The van der Waals surface area contributed by atoms with Crippen LogP contribution in [0.5, 0.6) is 0 Å². The van der Waals surface area contributed by atoms with E-state index in [2.05, 4.69) is 10.6 Å². The van der Waals surface area contributed by atoms with E-state index in [9.17, 15) is 22.4 Å². The summed E-state index contributed by atoms with van der Waals surface area (Å²) in [6, 6.07) is 6.84. The van der Waals surface area contributed by atoms with Gasteiger partial charge in [-0.2, -0.15) is 0 Å². The fraction of sp³-hybridized carbons (Fsp3) is 0.286. The molecule has 0 aliphatic carbocycles. The van der Waals surface area contributed by atoms with Gasteiger partial charge >= 0.3 is 0 Å². The number of benzene rings is 2. The molecule has 0 saturated carbocycles. The van der Waals surface area contributed by atoms with Crippen molar-refractivity contribution in [2.24, 2.45) is 0 Å². The smallest absolute Gasteiger partial charge is 0.253 e. The summed E-state index contributed by atoms with van der Waals surface area (Å²) in [6.45, 7) is 0.796. The maximum absolute atomic E-state index is 14.6. The number of alkyl halides is 1. The Balaban J connectivity index is 1.72. The van der Waals surface area contributed by atoms with Gasteiger partial charge in [-0.05, 0) is 42.8 Å². The molecule has 1 fully saturated rings. The Morgan fingerprint density at radius 3 is 2.55 bits per heavy atom. The predicted molar refractivity (Wildman–Crippen MR) is 101 cm³/mol. The molecule has 1 saturated heterocycles. The molecule has 2 N–H and O–H groups in total.